The molecule has 0 N–H and O–H groups in total. The summed E-state index contributed by atoms with van der Waals surface area (Å²) >= 11 is 7.67. The number of hydrogen-bond acceptors (Lipinski definition) is 6. The van der Waals surface area contributed by atoms with Gasteiger partial charge in [-0.05, 0) is 42.9 Å². The van der Waals surface area contributed by atoms with Crippen LogP contribution in [0.1, 0.15) is 56.1 Å². The number of hydrogen-bond donors (Lipinski definition) is 0. The number of aromatic nitrogens is 2. The molecule has 3 heterocycles. The van der Waals surface area contributed by atoms with E-state index >= 15 is 0 Å². The van der Waals surface area contributed by atoms with Gasteiger partial charge in [0, 0.05) is 11.4 Å². The van der Waals surface area contributed by atoms with Crippen LogP contribution in [0.3, 0.4) is 0 Å². The van der Waals surface area contributed by atoms with Gasteiger partial charge in [0.1, 0.15) is 11.1 Å². The van der Waals surface area contributed by atoms with Crippen molar-refractivity contribution in [2.24, 2.45) is 11.8 Å². The highest BCUT2D eigenvalue weighted by atomic mass is 35.5. The molecule has 3 aliphatic rings. The van der Waals surface area contributed by atoms with Crippen LogP contribution in [0.25, 0.3) is 0 Å². The van der Waals surface area contributed by atoms with Gasteiger partial charge >= 0.3 is 0 Å². The third-order valence-electron chi connectivity index (χ3n) is 6.17. The summed E-state index contributed by atoms with van der Waals surface area (Å²) in [6.07, 6.45) is 4.20. The first-order chi connectivity index (χ1) is 14.9. The van der Waals surface area contributed by atoms with Gasteiger partial charge in [0.25, 0.3) is 5.91 Å². The van der Waals surface area contributed by atoms with Gasteiger partial charge in [-0.15, -0.1) is 10.2 Å². The third kappa shape index (κ3) is 3.57. The lowest BCUT2D eigenvalue weighted by atomic mass is 9.77. The highest BCUT2D eigenvalue weighted by Gasteiger charge is 2.53. The lowest BCUT2D eigenvalue weighted by Crippen LogP contribution is -2.39. The number of rotatable bonds is 4. The summed E-state index contributed by atoms with van der Waals surface area (Å²) < 4.78 is 6.19. The van der Waals surface area contributed by atoms with Gasteiger partial charge in [-0.1, -0.05) is 55.3 Å². The standard InChI is InChI=1S/C23H24ClN3O3S/c1-12(2)10-17-25-26-23(31-17)27-19(13-6-5-7-14(24)11-13)18-20(28)15-8-3-4-9-16(15)30-21(18)22(27)29/h5-7,11-12,15-16,19H,3-4,8-10H2,1-2H3. The van der Waals surface area contributed by atoms with Gasteiger partial charge in [-0.25, -0.2) is 0 Å². The molecule has 162 valence electrons. The van der Waals surface area contributed by atoms with E-state index in [-0.39, 0.29) is 29.5 Å². The van der Waals surface area contributed by atoms with Gasteiger partial charge in [0.15, 0.2) is 11.5 Å². The van der Waals surface area contributed by atoms with E-state index in [0.29, 0.717) is 21.6 Å². The second kappa shape index (κ2) is 8.02. The Balaban J connectivity index is 1.61. The molecular weight excluding hydrogens is 434 g/mol. The Labute approximate surface area is 190 Å². The molecule has 2 aliphatic heterocycles. The van der Waals surface area contributed by atoms with E-state index in [0.717, 1.165) is 42.7 Å². The Kier molecular flexibility index (Phi) is 5.34. The van der Waals surface area contributed by atoms with Crippen molar-refractivity contribution >= 4 is 39.8 Å². The molecule has 31 heavy (non-hydrogen) atoms. The molecule has 0 spiro atoms. The van der Waals surface area contributed by atoms with Crippen LogP contribution in [-0.4, -0.2) is 28.0 Å². The number of Topliss-reactive ketones (excluding diaryl/α,β-unsaturated/α-hetero) is 1. The molecule has 1 saturated carbocycles. The number of ketones is 1. The predicted molar refractivity (Wildman–Crippen MR) is 119 cm³/mol. The lowest BCUT2D eigenvalue weighted by molar-refractivity contribution is -0.131. The van der Waals surface area contributed by atoms with Crippen LogP contribution in [0.15, 0.2) is 35.6 Å². The van der Waals surface area contributed by atoms with Gasteiger partial charge in [-0.2, -0.15) is 0 Å². The van der Waals surface area contributed by atoms with E-state index in [2.05, 4.69) is 24.0 Å². The summed E-state index contributed by atoms with van der Waals surface area (Å²) in [5, 5.41) is 10.5. The molecule has 1 aromatic carbocycles. The maximum absolute atomic E-state index is 13.6. The summed E-state index contributed by atoms with van der Waals surface area (Å²) in [6.45, 7) is 4.23. The highest BCUT2D eigenvalue weighted by Crippen LogP contribution is 2.48. The summed E-state index contributed by atoms with van der Waals surface area (Å²) in [5.41, 5.74) is 1.22. The maximum Gasteiger partial charge on any atom is 0.296 e. The number of carbonyl (C=O) groups is 2. The molecule has 0 saturated heterocycles. The summed E-state index contributed by atoms with van der Waals surface area (Å²) in [5.74, 6) is 0.132. The SMILES string of the molecule is CC(C)Cc1nnc(N2C(=O)C3=C(C(=O)C4CCCCC4O3)C2c2cccc(Cl)c2)s1. The number of fused-ring (bicyclic) bond motifs is 1. The van der Waals surface area contributed by atoms with Crippen LogP contribution >= 0.6 is 22.9 Å². The third-order valence-corrected chi connectivity index (χ3v) is 7.35. The van der Waals surface area contributed by atoms with E-state index in [1.54, 1.807) is 17.0 Å². The molecule has 3 unspecified atom stereocenters. The Morgan fingerprint density at radius 3 is 2.81 bits per heavy atom. The highest BCUT2D eigenvalue weighted by molar-refractivity contribution is 7.15. The maximum atomic E-state index is 13.6. The van der Waals surface area contributed by atoms with E-state index in [1.165, 1.54) is 11.3 Å². The molecule has 8 heteroatoms. The van der Waals surface area contributed by atoms with Crippen LogP contribution in [-0.2, 0) is 20.7 Å². The quantitative estimate of drug-likeness (QED) is 0.653. The first kappa shape index (κ1) is 20.6. The smallest absolute Gasteiger partial charge is 0.296 e. The lowest BCUT2D eigenvalue weighted by Gasteiger charge is -2.35. The van der Waals surface area contributed by atoms with E-state index in [4.69, 9.17) is 16.3 Å². The molecule has 0 bridgehead atoms. The van der Waals surface area contributed by atoms with Crippen molar-refractivity contribution in [3.63, 3.8) is 0 Å². The van der Waals surface area contributed by atoms with Crippen LogP contribution < -0.4 is 4.90 Å². The fourth-order valence-electron chi connectivity index (χ4n) is 4.81. The normalized spacial score (nSPS) is 25.7. The largest absolute Gasteiger partial charge is 0.483 e. The van der Waals surface area contributed by atoms with Crippen molar-refractivity contribution in [1.29, 1.82) is 0 Å². The van der Waals surface area contributed by atoms with E-state index in [9.17, 15) is 9.59 Å². The molecule has 3 atom stereocenters. The van der Waals surface area contributed by atoms with Gasteiger partial charge in [0.2, 0.25) is 5.13 Å². The van der Waals surface area contributed by atoms with Crippen molar-refractivity contribution in [3.8, 4) is 0 Å². The van der Waals surface area contributed by atoms with Crippen LogP contribution in [0.2, 0.25) is 5.02 Å². The number of anilines is 1. The fraction of sp³-hybridized carbons (Fsp3) is 0.478. The number of carbonyl (C=O) groups excluding carboxylic acids is 2. The van der Waals surface area contributed by atoms with Crippen LogP contribution in [0, 0.1) is 11.8 Å². The van der Waals surface area contributed by atoms with Gasteiger partial charge in [-0.3, -0.25) is 14.5 Å². The number of ether oxygens (including phenoxy) is 1. The number of benzene rings is 1. The average Bonchev–Trinajstić information content (AvgIpc) is 3.30. The van der Waals surface area contributed by atoms with Crippen LogP contribution in [0.5, 0.6) is 0 Å². The first-order valence-electron chi connectivity index (χ1n) is 10.8. The summed E-state index contributed by atoms with van der Waals surface area (Å²) in [6, 6.07) is 6.71. The summed E-state index contributed by atoms with van der Waals surface area (Å²) in [4.78, 5) is 28.7. The van der Waals surface area contributed by atoms with Crippen LogP contribution in [0.4, 0.5) is 5.13 Å². The molecule has 1 aliphatic carbocycles. The molecule has 6 nitrogen and oxygen atoms in total. The Morgan fingerprint density at radius 2 is 2.03 bits per heavy atom. The second-order valence-electron chi connectivity index (χ2n) is 8.86. The van der Waals surface area contributed by atoms with Crippen molar-refractivity contribution in [3.05, 3.63) is 51.2 Å². The second-order valence-corrected chi connectivity index (χ2v) is 10.3. The average molecular weight is 458 g/mol. The number of halogens is 1. The Hall–Kier alpha value is -2.25. The van der Waals surface area contributed by atoms with Gasteiger partial charge < -0.3 is 4.74 Å². The zero-order valence-electron chi connectivity index (χ0n) is 17.5. The molecule has 2 aromatic rings. The molecule has 1 aromatic heterocycles. The molecule has 0 radical (unpaired) electrons. The minimum atomic E-state index is -0.601. The predicted octanol–water partition coefficient (Wildman–Crippen LogP) is 4.89. The molecule has 5 rings (SSSR count). The minimum absolute atomic E-state index is 0.0266. The molecular formula is C23H24ClN3O3S. The molecule has 1 fully saturated rings. The Bertz CT molecular complexity index is 1080. The number of amides is 1. The van der Waals surface area contributed by atoms with Crippen molar-refractivity contribution < 1.29 is 14.3 Å². The van der Waals surface area contributed by atoms with Crippen molar-refractivity contribution in [2.75, 3.05) is 4.90 Å². The monoisotopic (exact) mass is 457 g/mol. The van der Waals surface area contributed by atoms with E-state index < -0.39 is 6.04 Å². The number of nitrogens with zero attached hydrogens (tertiary/aromatic N) is 3. The van der Waals surface area contributed by atoms with Gasteiger partial charge in [0.05, 0.1) is 17.5 Å². The van der Waals surface area contributed by atoms with Crippen molar-refractivity contribution in [1.82, 2.24) is 10.2 Å². The zero-order valence-corrected chi connectivity index (χ0v) is 19.1. The topological polar surface area (TPSA) is 72.4 Å². The minimum Gasteiger partial charge on any atom is -0.483 e. The zero-order chi connectivity index (χ0) is 21.7. The summed E-state index contributed by atoms with van der Waals surface area (Å²) in [7, 11) is 0. The Morgan fingerprint density at radius 1 is 1.23 bits per heavy atom. The first-order valence-corrected chi connectivity index (χ1v) is 12.0. The molecule has 1 amide bonds. The van der Waals surface area contributed by atoms with Crippen molar-refractivity contribution in [2.45, 2.75) is 58.1 Å². The van der Waals surface area contributed by atoms with E-state index in [1.807, 2.05) is 12.1 Å². The fourth-order valence-corrected chi connectivity index (χ4v) is 6.08.